The SMILES string of the molecule is [CH2]C(O)N(CCO)C1CCCC1. The highest BCUT2D eigenvalue weighted by molar-refractivity contribution is 4.79. The molecule has 0 amide bonds. The van der Waals surface area contributed by atoms with Crippen LogP contribution < -0.4 is 0 Å². The molecule has 3 heteroatoms. The molecule has 1 rings (SSSR count). The van der Waals surface area contributed by atoms with E-state index in [1.165, 1.54) is 12.8 Å². The molecule has 2 N–H and O–H groups in total. The molecule has 12 heavy (non-hydrogen) atoms. The molecule has 0 spiro atoms. The molecule has 1 unspecified atom stereocenters. The van der Waals surface area contributed by atoms with E-state index in [4.69, 9.17) is 5.11 Å². The summed E-state index contributed by atoms with van der Waals surface area (Å²) in [4.78, 5) is 1.88. The molecule has 0 aliphatic heterocycles. The van der Waals surface area contributed by atoms with Crippen LogP contribution in [0.5, 0.6) is 0 Å². The smallest absolute Gasteiger partial charge is 0.107 e. The van der Waals surface area contributed by atoms with Crippen LogP contribution in [0.3, 0.4) is 0 Å². The van der Waals surface area contributed by atoms with Crippen molar-refractivity contribution in [2.24, 2.45) is 0 Å². The fourth-order valence-electron chi connectivity index (χ4n) is 1.93. The van der Waals surface area contributed by atoms with Crippen LogP contribution in [0.4, 0.5) is 0 Å². The fourth-order valence-corrected chi connectivity index (χ4v) is 1.93. The van der Waals surface area contributed by atoms with Gasteiger partial charge in [-0.2, -0.15) is 0 Å². The summed E-state index contributed by atoms with van der Waals surface area (Å²) in [6, 6.07) is 0.435. The first-order valence-electron chi connectivity index (χ1n) is 4.63. The van der Waals surface area contributed by atoms with E-state index in [1.54, 1.807) is 0 Å². The zero-order valence-electron chi connectivity index (χ0n) is 7.45. The lowest BCUT2D eigenvalue weighted by Crippen LogP contribution is -2.42. The number of aliphatic hydroxyl groups is 2. The summed E-state index contributed by atoms with van der Waals surface area (Å²) in [5.74, 6) is 0. The zero-order chi connectivity index (χ0) is 8.97. The van der Waals surface area contributed by atoms with Crippen molar-refractivity contribution in [2.45, 2.75) is 38.0 Å². The molecule has 1 fully saturated rings. The van der Waals surface area contributed by atoms with Gasteiger partial charge in [-0.15, -0.1) is 0 Å². The third-order valence-electron chi connectivity index (χ3n) is 2.53. The molecular weight excluding hydrogens is 154 g/mol. The van der Waals surface area contributed by atoms with Crippen LogP contribution in [-0.4, -0.2) is 40.5 Å². The van der Waals surface area contributed by atoms with Crippen molar-refractivity contribution in [3.63, 3.8) is 0 Å². The average Bonchev–Trinajstić information content (AvgIpc) is 2.51. The van der Waals surface area contributed by atoms with Crippen LogP contribution in [-0.2, 0) is 0 Å². The Balaban J connectivity index is 2.40. The first-order valence-corrected chi connectivity index (χ1v) is 4.63. The van der Waals surface area contributed by atoms with E-state index in [0.29, 0.717) is 12.6 Å². The molecule has 0 bridgehead atoms. The maximum absolute atomic E-state index is 9.31. The third-order valence-corrected chi connectivity index (χ3v) is 2.53. The van der Waals surface area contributed by atoms with Gasteiger partial charge in [0.2, 0.25) is 0 Å². The predicted molar refractivity (Wildman–Crippen MR) is 47.4 cm³/mol. The van der Waals surface area contributed by atoms with Crippen molar-refractivity contribution in [1.82, 2.24) is 4.90 Å². The molecule has 3 nitrogen and oxygen atoms in total. The van der Waals surface area contributed by atoms with Gasteiger partial charge < -0.3 is 10.2 Å². The second-order valence-electron chi connectivity index (χ2n) is 3.38. The average molecular weight is 172 g/mol. The molecule has 1 aliphatic rings. The summed E-state index contributed by atoms with van der Waals surface area (Å²) in [5, 5.41) is 18.1. The lowest BCUT2D eigenvalue weighted by molar-refractivity contribution is -0.00185. The normalized spacial score (nSPS) is 22.0. The monoisotopic (exact) mass is 172 g/mol. The van der Waals surface area contributed by atoms with E-state index >= 15 is 0 Å². The summed E-state index contributed by atoms with van der Waals surface area (Å²) in [6.07, 6.45) is 4.07. The van der Waals surface area contributed by atoms with Crippen molar-refractivity contribution < 1.29 is 10.2 Å². The van der Waals surface area contributed by atoms with E-state index in [0.717, 1.165) is 12.8 Å². The molecule has 0 aromatic carbocycles. The van der Waals surface area contributed by atoms with Gasteiger partial charge >= 0.3 is 0 Å². The van der Waals surface area contributed by atoms with E-state index in [2.05, 4.69) is 6.92 Å². The number of aliphatic hydroxyl groups excluding tert-OH is 2. The van der Waals surface area contributed by atoms with Gasteiger partial charge in [-0.1, -0.05) is 12.8 Å². The van der Waals surface area contributed by atoms with Gasteiger partial charge in [0, 0.05) is 12.6 Å². The highest BCUT2D eigenvalue weighted by atomic mass is 16.3. The number of nitrogens with zero attached hydrogens (tertiary/aromatic N) is 1. The van der Waals surface area contributed by atoms with Crippen LogP contribution >= 0.6 is 0 Å². The van der Waals surface area contributed by atoms with Crippen LogP contribution in [0.1, 0.15) is 25.7 Å². The van der Waals surface area contributed by atoms with Crippen LogP contribution in [0.15, 0.2) is 0 Å². The molecular formula is C9H18NO2. The lowest BCUT2D eigenvalue weighted by atomic mass is 10.2. The molecule has 0 aromatic heterocycles. The van der Waals surface area contributed by atoms with Gasteiger partial charge in [0.1, 0.15) is 6.23 Å². The fraction of sp³-hybridized carbons (Fsp3) is 0.889. The van der Waals surface area contributed by atoms with Gasteiger partial charge in [-0.3, -0.25) is 4.90 Å². The summed E-state index contributed by atoms with van der Waals surface area (Å²) >= 11 is 0. The molecule has 1 saturated carbocycles. The Bertz CT molecular complexity index is 122. The highest BCUT2D eigenvalue weighted by Gasteiger charge is 2.24. The molecule has 71 valence electrons. The number of hydrogen-bond acceptors (Lipinski definition) is 3. The quantitative estimate of drug-likeness (QED) is 0.602. The minimum atomic E-state index is -0.666. The second kappa shape index (κ2) is 4.80. The molecule has 0 saturated heterocycles. The Morgan fingerprint density at radius 2 is 2.00 bits per heavy atom. The van der Waals surface area contributed by atoms with Crippen molar-refractivity contribution in [2.75, 3.05) is 13.2 Å². The lowest BCUT2D eigenvalue weighted by Gasteiger charge is -2.30. The largest absolute Gasteiger partial charge is 0.395 e. The predicted octanol–water partition coefficient (Wildman–Crippen LogP) is 0.376. The first-order chi connectivity index (χ1) is 5.75. The Kier molecular flexibility index (Phi) is 3.98. The summed E-state index contributed by atoms with van der Waals surface area (Å²) in [6.45, 7) is 4.21. The maximum atomic E-state index is 9.31. The van der Waals surface area contributed by atoms with Crippen molar-refractivity contribution in [3.05, 3.63) is 6.92 Å². The Morgan fingerprint density at radius 3 is 2.42 bits per heavy atom. The molecule has 0 heterocycles. The van der Waals surface area contributed by atoms with Gasteiger partial charge in [0.25, 0.3) is 0 Å². The van der Waals surface area contributed by atoms with E-state index in [9.17, 15) is 5.11 Å². The van der Waals surface area contributed by atoms with Crippen LogP contribution in [0.25, 0.3) is 0 Å². The van der Waals surface area contributed by atoms with Crippen molar-refractivity contribution >= 4 is 0 Å². The van der Waals surface area contributed by atoms with Crippen molar-refractivity contribution in [1.29, 1.82) is 0 Å². The Hall–Kier alpha value is -0.120. The molecule has 1 aliphatic carbocycles. The summed E-state index contributed by atoms with van der Waals surface area (Å²) in [7, 11) is 0. The van der Waals surface area contributed by atoms with Gasteiger partial charge in [0.15, 0.2) is 0 Å². The van der Waals surface area contributed by atoms with E-state index in [1.807, 2.05) is 4.90 Å². The number of rotatable bonds is 4. The first kappa shape index (κ1) is 9.96. The third kappa shape index (κ3) is 2.44. The summed E-state index contributed by atoms with van der Waals surface area (Å²) < 4.78 is 0. The van der Waals surface area contributed by atoms with Gasteiger partial charge in [-0.05, 0) is 19.8 Å². The zero-order valence-corrected chi connectivity index (χ0v) is 7.45. The standard InChI is InChI=1S/C9H18NO2/c1-8(12)10(6-7-11)9-4-2-3-5-9/h8-9,11-12H,1-7H2. The Morgan fingerprint density at radius 1 is 1.42 bits per heavy atom. The number of hydrogen-bond donors (Lipinski definition) is 2. The molecule has 1 atom stereocenters. The van der Waals surface area contributed by atoms with Crippen molar-refractivity contribution in [3.8, 4) is 0 Å². The van der Waals surface area contributed by atoms with Crippen LogP contribution in [0, 0.1) is 6.92 Å². The molecule has 0 aromatic rings. The Labute approximate surface area is 74.0 Å². The van der Waals surface area contributed by atoms with Crippen LogP contribution in [0.2, 0.25) is 0 Å². The van der Waals surface area contributed by atoms with E-state index < -0.39 is 6.23 Å². The minimum Gasteiger partial charge on any atom is -0.395 e. The highest BCUT2D eigenvalue weighted by Crippen LogP contribution is 2.24. The second-order valence-corrected chi connectivity index (χ2v) is 3.38. The maximum Gasteiger partial charge on any atom is 0.107 e. The topological polar surface area (TPSA) is 43.7 Å². The van der Waals surface area contributed by atoms with E-state index in [-0.39, 0.29) is 6.61 Å². The summed E-state index contributed by atoms with van der Waals surface area (Å²) in [5.41, 5.74) is 0. The minimum absolute atomic E-state index is 0.100. The van der Waals surface area contributed by atoms with Gasteiger partial charge in [0.05, 0.1) is 6.61 Å². The van der Waals surface area contributed by atoms with Gasteiger partial charge in [-0.25, -0.2) is 0 Å². The molecule has 1 radical (unpaired) electrons.